The maximum Gasteiger partial charge on any atom is 0.391 e. The molecule has 0 radical (unpaired) electrons. The minimum atomic E-state index is -4.05. The van der Waals surface area contributed by atoms with E-state index < -0.39 is 12.1 Å². The summed E-state index contributed by atoms with van der Waals surface area (Å²) in [6.07, 6.45) is -3.67. The van der Waals surface area contributed by atoms with Crippen molar-refractivity contribution in [2.24, 2.45) is 5.92 Å². The summed E-state index contributed by atoms with van der Waals surface area (Å²) in [5.41, 5.74) is 0.976. The lowest BCUT2D eigenvalue weighted by Gasteiger charge is -2.36. The molecule has 2 heterocycles. The number of alkyl halides is 3. The third kappa shape index (κ3) is 3.43. The largest absolute Gasteiger partial charge is 0.485 e. The van der Waals surface area contributed by atoms with Crippen molar-refractivity contribution in [3.05, 3.63) is 24.3 Å². The number of rotatable bonds is 2. The smallest absolute Gasteiger partial charge is 0.391 e. The van der Waals surface area contributed by atoms with Crippen molar-refractivity contribution in [1.29, 1.82) is 0 Å². The monoisotopic (exact) mass is 300 g/mol. The van der Waals surface area contributed by atoms with Gasteiger partial charge in [0.15, 0.2) is 0 Å². The predicted octanol–water partition coefficient (Wildman–Crippen LogP) is 3.13. The fourth-order valence-electron chi connectivity index (χ4n) is 2.99. The molecular weight excluding hydrogens is 281 g/mol. The molecule has 1 N–H and O–H groups in total. The van der Waals surface area contributed by atoms with Crippen LogP contribution in [0, 0.1) is 5.92 Å². The zero-order valence-corrected chi connectivity index (χ0v) is 11.7. The van der Waals surface area contributed by atoms with E-state index in [1.807, 2.05) is 24.3 Å². The number of para-hydroxylation sites is 2. The molecule has 1 fully saturated rings. The molecule has 1 saturated heterocycles. The Bertz CT molecular complexity index is 484. The van der Waals surface area contributed by atoms with Crippen molar-refractivity contribution in [3.63, 3.8) is 0 Å². The average Bonchev–Trinajstić information content (AvgIpc) is 2.47. The highest BCUT2D eigenvalue weighted by atomic mass is 19.4. The van der Waals surface area contributed by atoms with Crippen molar-refractivity contribution < 1.29 is 17.9 Å². The second-order valence-corrected chi connectivity index (χ2v) is 5.73. The molecular formula is C15H19F3N2O. The van der Waals surface area contributed by atoms with Gasteiger partial charge < -0.3 is 10.1 Å². The predicted molar refractivity (Wildman–Crippen MR) is 74.6 cm³/mol. The Morgan fingerprint density at radius 2 is 1.90 bits per heavy atom. The first-order valence-corrected chi connectivity index (χ1v) is 7.31. The molecule has 6 heteroatoms. The van der Waals surface area contributed by atoms with Crippen molar-refractivity contribution in [2.75, 3.05) is 31.5 Å². The lowest BCUT2D eigenvalue weighted by Crippen LogP contribution is -2.46. The molecule has 0 bridgehead atoms. The fraction of sp³-hybridized carbons (Fsp3) is 0.600. The van der Waals surface area contributed by atoms with Gasteiger partial charge in [-0.05, 0) is 38.1 Å². The number of piperidine rings is 1. The van der Waals surface area contributed by atoms with Gasteiger partial charge in [-0.1, -0.05) is 12.1 Å². The molecule has 0 aliphatic carbocycles. The molecule has 1 aromatic carbocycles. The summed E-state index contributed by atoms with van der Waals surface area (Å²) in [5.74, 6) is -0.321. The number of likely N-dealkylation sites (tertiary alicyclic amines) is 1. The van der Waals surface area contributed by atoms with Crippen LogP contribution in [0.4, 0.5) is 18.9 Å². The van der Waals surface area contributed by atoms with Crippen LogP contribution in [0.2, 0.25) is 0 Å². The minimum Gasteiger partial charge on any atom is -0.485 e. The van der Waals surface area contributed by atoms with Crippen molar-refractivity contribution in [3.8, 4) is 5.75 Å². The van der Waals surface area contributed by atoms with Crippen LogP contribution in [0.25, 0.3) is 0 Å². The highest BCUT2D eigenvalue weighted by Gasteiger charge is 2.41. The first kappa shape index (κ1) is 14.5. The summed E-state index contributed by atoms with van der Waals surface area (Å²) in [6.45, 7) is 2.35. The van der Waals surface area contributed by atoms with Gasteiger partial charge in [0.05, 0.1) is 18.2 Å². The molecule has 0 saturated carbocycles. The number of fused-ring (bicyclic) bond motifs is 1. The Labute approximate surface area is 122 Å². The van der Waals surface area contributed by atoms with Gasteiger partial charge in [-0.25, -0.2) is 0 Å². The van der Waals surface area contributed by atoms with Gasteiger partial charge in [0.1, 0.15) is 11.9 Å². The third-order valence-electron chi connectivity index (χ3n) is 4.21. The Morgan fingerprint density at radius 3 is 2.62 bits per heavy atom. The van der Waals surface area contributed by atoms with Gasteiger partial charge in [0.25, 0.3) is 0 Å². The number of nitrogens with zero attached hydrogens (tertiary/aromatic N) is 1. The second kappa shape index (κ2) is 5.75. The van der Waals surface area contributed by atoms with Crippen molar-refractivity contribution in [1.82, 2.24) is 4.90 Å². The highest BCUT2D eigenvalue weighted by Crippen LogP contribution is 2.34. The van der Waals surface area contributed by atoms with Crippen LogP contribution in [-0.4, -0.2) is 43.4 Å². The van der Waals surface area contributed by atoms with Gasteiger partial charge >= 0.3 is 6.18 Å². The summed E-state index contributed by atoms with van der Waals surface area (Å²) in [5, 5.41) is 3.30. The standard InChI is InChI=1S/C15H19F3N2O/c16-15(17,18)11-5-7-20(8-6-11)10-12-9-19-13-3-1-2-4-14(13)21-12/h1-4,11-12,19H,5-10H2. The molecule has 3 nitrogen and oxygen atoms in total. The van der Waals surface area contributed by atoms with Gasteiger partial charge in [-0.3, -0.25) is 4.90 Å². The molecule has 1 unspecified atom stereocenters. The summed E-state index contributed by atoms with van der Waals surface area (Å²) in [6, 6.07) is 7.72. The molecule has 116 valence electrons. The number of anilines is 1. The van der Waals surface area contributed by atoms with Gasteiger partial charge in [0.2, 0.25) is 0 Å². The van der Waals surface area contributed by atoms with Crippen LogP contribution in [0.3, 0.4) is 0 Å². The zero-order chi connectivity index (χ0) is 14.9. The first-order valence-electron chi connectivity index (χ1n) is 7.31. The van der Waals surface area contributed by atoms with E-state index >= 15 is 0 Å². The number of hydrogen-bond acceptors (Lipinski definition) is 3. The van der Waals surface area contributed by atoms with E-state index in [1.54, 1.807) is 0 Å². The van der Waals surface area contributed by atoms with Gasteiger partial charge in [0, 0.05) is 6.54 Å². The van der Waals surface area contributed by atoms with Crippen molar-refractivity contribution >= 4 is 5.69 Å². The summed E-state index contributed by atoms with van der Waals surface area (Å²) in [7, 11) is 0. The summed E-state index contributed by atoms with van der Waals surface area (Å²) >= 11 is 0. The van der Waals surface area contributed by atoms with Crippen LogP contribution < -0.4 is 10.1 Å². The Hall–Kier alpha value is -1.43. The molecule has 1 atom stereocenters. The topological polar surface area (TPSA) is 24.5 Å². The zero-order valence-electron chi connectivity index (χ0n) is 11.7. The molecule has 21 heavy (non-hydrogen) atoms. The molecule has 2 aliphatic heterocycles. The SMILES string of the molecule is FC(F)(F)C1CCN(CC2CNc3ccccc3O2)CC1. The number of halogens is 3. The number of benzene rings is 1. The third-order valence-corrected chi connectivity index (χ3v) is 4.21. The fourth-order valence-corrected chi connectivity index (χ4v) is 2.99. The Morgan fingerprint density at radius 1 is 1.19 bits per heavy atom. The average molecular weight is 300 g/mol. The molecule has 0 amide bonds. The van der Waals surface area contributed by atoms with Crippen LogP contribution in [0.1, 0.15) is 12.8 Å². The molecule has 0 aromatic heterocycles. The van der Waals surface area contributed by atoms with E-state index in [0.717, 1.165) is 11.4 Å². The van der Waals surface area contributed by atoms with Crippen LogP contribution in [-0.2, 0) is 0 Å². The Balaban J connectivity index is 1.51. The van der Waals surface area contributed by atoms with E-state index in [0.29, 0.717) is 26.2 Å². The summed E-state index contributed by atoms with van der Waals surface area (Å²) in [4.78, 5) is 2.07. The van der Waals surface area contributed by atoms with Crippen molar-refractivity contribution in [2.45, 2.75) is 25.1 Å². The first-order chi connectivity index (χ1) is 10.0. The molecule has 1 aromatic rings. The number of nitrogens with one attached hydrogen (secondary N) is 1. The molecule has 2 aliphatic rings. The Kier molecular flexibility index (Phi) is 3.97. The molecule has 0 spiro atoms. The maximum atomic E-state index is 12.6. The number of hydrogen-bond donors (Lipinski definition) is 1. The van der Waals surface area contributed by atoms with Crippen LogP contribution in [0.15, 0.2) is 24.3 Å². The molecule has 3 rings (SSSR count). The van der Waals surface area contributed by atoms with E-state index in [2.05, 4.69) is 10.2 Å². The summed E-state index contributed by atoms with van der Waals surface area (Å²) < 4.78 is 43.8. The maximum absolute atomic E-state index is 12.6. The van der Waals surface area contributed by atoms with Crippen LogP contribution >= 0.6 is 0 Å². The van der Waals surface area contributed by atoms with E-state index in [-0.39, 0.29) is 18.9 Å². The normalized spacial score (nSPS) is 24.0. The van der Waals surface area contributed by atoms with Gasteiger partial charge in [-0.15, -0.1) is 0 Å². The lowest BCUT2D eigenvalue weighted by molar-refractivity contribution is -0.185. The van der Waals surface area contributed by atoms with Gasteiger partial charge in [-0.2, -0.15) is 13.2 Å². The second-order valence-electron chi connectivity index (χ2n) is 5.73. The quantitative estimate of drug-likeness (QED) is 0.908. The minimum absolute atomic E-state index is 0.0117. The van der Waals surface area contributed by atoms with E-state index in [9.17, 15) is 13.2 Å². The van der Waals surface area contributed by atoms with E-state index in [1.165, 1.54) is 0 Å². The van der Waals surface area contributed by atoms with E-state index in [4.69, 9.17) is 4.74 Å². The lowest BCUT2D eigenvalue weighted by atomic mass is 9.96. The highest BCUT2D eigenvalue weighted by molar-refractivity contribution is 5.57. The van der Waals surface area contributed by atoms with Crippen LogP contribution in [0.5, 0.6) is 5.75 Å². The number of ether oxygens (including phenoxy) is 1.